The second-order valence-electron chi connectivity index (χ2n) is 4.20. The molecule has 0 amide bonds. The Labute approximate surface area is 111 Å². The van der Waals surface area contributed by atoms with Crippen molar-refractivity contribution in [3.8, 4) is 0 Å². The minimum absolute atomic E-state index is 0.179. The Hall–Kier alpha value is -2.15. The van der Waals surface area contributed by atoms with E-state index >= 15 is 0 Å². The third kappa shape index (κ3) is 2.82. The molecule has 0 bridgehead atoms. The Morgan fingerprint density at radius 2 is 1.84 bits per heavy atom. The maximum Gasteiger partial charge on any atom is 0.263 e. The number of aryl methyl sites for hydroxylation is 2. The fraction of sp³-hybridized carbons (Fsp3) is 0.167. The maximum absolute atomic E-state index is 12.3. The summed E-state index contributed by atoms with van der Waals surface area (Å²) in [6.45, 7) is 3.41. The SMILES string of the molecule is Cc1cc(N)cc(C)c1S(=O)(=O)Nc1cccnn1. The lowest BCUT2D eigenvalue weighted by atomic mass is 10.1. The summed E-state index contributed by atoms with van der Waals surface area (Å²) in [5.41, 5.74) is 7.41. The minimum Gasteiger partial charge on any atom is -0.399 e. The lowest BCUT2D eigenvalue weighted by Crippen LogP contribution is -2.17. The van der Waals surface area contributed by atoms with Crippen molar-refractivity contribution < 1.29 is 8.42 Å². The van der Waals surface area contributed by atoms with Crippen LogP contribution in [0.15, 0.2) is 35.4 Å². The van der Waals surface area contributed by atoms with E-state index in [1.54, 1.807) is 32.0 Å². The summed E-state index contributed by atoms with van der Waals surface area (Å²) in [5, 5.41) is 7.33. The van der Waals surface area contributed by atoms with Gasteiger partial charge in [0.25, 0.3) is 10.0 Å². The summed E-state index contributed by atoms with van der Waals surface area (Å²) < 4.78 is 27.1. The first-order chi connectivity index (χ1) is 8.90. The van der Waals surface area contributed by atoms with Gasteiger partial charge in [-0.15, -0.1) is 5.10 Å². The quantitative estimate of drug-likeness (QED) is 0.829. The Morgan fingerprint density at radius 1 is 1.21 bits per heavy atom. The fourth-order valence-corrected chi connectivity index (χ4v) is 3.40. The molecule has 1 aromatic heterocycles. The predicted octanol–water partition coefficient (Wildman–Crippen LogP) is 1.48. The normalized spacial score (nSPS) is 11.3. The maximum atomic E-state index is 12.3. The van der Waals surface area contributed by atoms with Gasteiger partial charge in [-0.3, -0.25) is 4.72 Å². The van der Waals surface area contributed by atoms with Crippen molar-refractivity contribution in [3.05, 3.63) is 41.6 Å². The van der Waals surface area contributed by atoms with E-state index in [4.69, 9.17) is 5.73 Å². The zero-order valence-electron chi connectivity index (χ0n) is 10.6. The van der Waals surface area contributed by atoms with Gasteiger partial charge in [0.2, 0.25) is 0 Å². The fourth-order valence-electron chi connectivity index (χ4n) is 1.95. The van der Waals surface area contributed by atoms with Crippen molar-refractivity contribution in [3.63, 3.8) is 0 Å². The number of nitrogens with one attached hydrogen (secondary N) is 1. The number of nitrogens with zero attached hydrogens (tertiary/aromatic N) is 2. The molecule has 0 fully saturated rings. The van der Waals surface area contributed by atoms with Crippen molar-refractivity contribution in [1.82, 2.24) is 10.2 Å². The lowest BCUT2D eigenvalue weighted by Gasteiger charge is -2.12. The third-order valence-electron chi connectivity index (χ3n) is 2.56. The summed E-state index contributed by atoms with van der Waals surface area (Å²) in [5.74, 6) is 0.179. The van der Waals surface area contributed by atoms with E-state index in [-0.39, 0.29) is 10.7 Å². The molecule has 7 heteroatoms. The summed E-state index contributed by atoms with van der Waals surface area (Å²) in [4.78, 5) is 0.215. The topological polar surface area (TPSA) is 98.0 Å². The van der Waals surface area contributed by atoms with E-state index in [0.29, 0.717) is 16.8 Å². The average molecular weight is 278 g/mol. The minimum atomic E-state index is -3.70. The highest BCUT2D eigenvalue weighted by Gasteiger charge is 2.20. The van der Waals surface area contributed by atoms with Gasteiger partial charge in [0.15, 0.2) is 5.82 Å². The molecule has 2 aromatic rings. The molecule has 0 atom stereocenters. The van der Waals surface area contributed by atoms with Crippen LogP contribution in [0.4, 0.5) is 11.5 Å². The highest BCUT2D eigenvalue weighted by molar-refractivity contribution is 7.92. The van der Waals surface area contributed by atoms with Gasteiger partial charge in [0.1, 0.15) is 0 Å². The van der Waals surface area contributed by atoms with E-state index in [2.05, 4.69) is 14.9 Å². The van der Waals surface area contributed by atoms with Crippen LogP contribution in [-0.4, -0.2) is 18.6 Å². The Morgan fingerprint density at radius 3 is 2.37 bits per heavy atom. The van der Waals surface area contributed by atoms with E-state index in [0.717, 1.165) is 0 Å². The van der Waals surface area contributed by atoms with Gasteiger partial charge in [-0.1, -0.05) is 0 Å². The zero-order valence-corrected chi connectivity index (χ0v) is 11.4. The molecule has 0 aliphatic rings. The van der Waals surface area contributed by atoms with Crippen molar-refractivity contribution in [2.75, 3.05) is 10.5 Å². The first kappa shape index (κ1) is 13.3. The predicted molar refractivity (Wildman–Crippen MR) is 73.2 cm³/mol. The zero-order chi connectivity index (χ0) is 14.0. The van der Waals surface area contributed by atoms with E-state index in [1.165, 1.54) is 12.3 Å². The first-order valence-corrected chi connectivity index (χ1v) is 7.06. The lowest BCUT2D eigenvalue weighted by molar-refractivity contribution is 0.599. The smallest absolute Gasteiger partial charge is 0.263 e. The van der Waals surface area contributed by atoms with Crippen LogP contribution >= 0.6 is 0 Å². The van der Waals surface area contributed by atoms with Crippen molar-refractivity contribution in [2.45, 2.75) is 18.7 Å². The Kier molecular flexibility index (Phi) is 3.39. The number of benzene rings is 1. The number of hydrogen-bond acceptors (Lipinski definition) is 5. The Balaban J connectivity index is 2.46. The second kappa shape index (κ2) is 4.85. The van der Waals surface area contributed by atoms with Crippen LogP contribution in [0.25, 0.3) is 0 Å². The van der Waals surface area contributed by atoms with Crippen LogP contribution in [0, 0.1) is 13.8 Å². The molecule has 0 unspecified atom stereocenters. The summed E-state index contributed by atoms with van der Waals surface area (Å²) in [6.07, 6.45) is 1.47. The van der Waals surface area contributed by atoms with Crippen LogP contribution in [0.2, 0.25) is 0 Å². The molecule has 1 aromatic carbocycles. The van der Waals surface area contributed by atoms with Gasteiger partial charge in [0, 0.05) is 11.9 Å². The summed E-state index contributed by atoms with van der Waals surface area (Å²) >= 11 is 0. The van der Waals surface area contributed by atoms with Gasteiger partial charge < -0.3 is 5.73 Å². The van der Waals surface area contributed by atoms with Gasteiger partial charge in [-0.05, 0) is 49.2 Å². The van der Waals surface area contributed by atoms with Crippen LogP contribution in [0.3, 0.4) is 0 Å². The van der Waals surface area contributed by atoms with Gasteiger partial charge in [-0.25, -0.2) is 8.42 Å². The molecule has 3 N–H and O–H groups in total. The van der Waals surface area contributed by atoms with Crippen LogP contribution in [0.5, 0.6) is 0 Å². The monoisotopic (exact) mass is 278 g/mol. The van der Waals surface area contributed by atoms with Crippen molar-refractivity contribution in [2.24, 2.45) is 0 Å². The molecule has 6 nitrogen and oxygen atoms in total. The molecule has 2 rings (SSSR count). The first-order valence-electron chi connectivity index (χ1n) is 5.57. The molecule has 0 aliphatic heterocycles. The van der Waals surface area contributed by atoms with Crippen molar-refractivity contribution in [1.29, 1.82) is 0 Å². The number of rotatable bonds is 3. The van der Waals surface area contributed by atoms with Gasteiger partial charge in [-0.2, -0.15) is 5.10 Å². The average Bonchev–Trinajstić information content (AvgIpc) is 2.27. The van der Waals surface area contributed by atoms with E-state index in [1.807, 2.05) is 0 Å². The number of aromatic nitrogens is 2. The molecule has 0 saturated heterocycles. The Bertz CT molecular complexity index is 676. The number of hydrogen-bond donors (Lipinski definition) is 2. The number of nitrogens with two attached hydrogens (primary N) is 1. The molecule has 0 aliphatic carbocycles. The molecular formula is C12H14N4O2S. The highest BCUT2D eigenvalue weighted by Crippen LogP contribution is 2.24. The van der Waals surface area contributed by atoms with E-state index < -0.39 is 10.0 Å². The van der Waals surface area contributed by atoms with Gasteiger partial charge in [0.05, 0.1) is 4.90 Å². The number of anilines is 2. The van der Waals surface area contributed by atoms with Crippen molar-refractivity contribution >= 4 is 21.5 Å². The summed E-state index contributed by atoms with van der Waals surface area (Å²) in [6, 6.07) is 6.39. The number of nitrogen functional groups attached to an aromatic ring is 1. The molecule has 0 saturated carbocycles. The van der Waals surface area contributed by atoms with Crippen LogP contribution < -0.4 is 10.5 Å². The molecule has 100 valence electrons. The highest BCUT2D eigenvalue weighted by atomic mass is 32.2. The van der Waals surface area contributed by atoms with Crippen LogP contribution in [0.1, 0.15) is 11.1 Å². The molecule has 0 spiro atoms. The summed E-state index contributed by atoms with van der Waals surface area (Å²) in [7, 11) is -3.70. The molecule has 0 radical (unpaired) electrons. The molecular weight excluding hydrogens is 264 g/mol. The molecule has 19 heavy (non-hydrogen) atoms. The van der Waals surface area contributed by atoms with E-state index in [9.17, 15) is 8.42 Å². The standard InChI is InChI=1S/C12H14N4O2S/c1-8-6-10(13)7-9(2)12(8)19(17,18)16-11-4-3-5-14-15-11/h3-7H,13H2,1-2H3,(H,15,16). The third-order valence-corrected chi connectivity index (χ3v) is 4.22. The number of sulfonamides is 1. The molecule has 1 heterocycles. The second-order valence-corrected chi connectivity index (χ2v) is 5.82. The largest absolute Gasteiger partial charge is 0.399 e. The van der Waals surface area contributed by atoms with Crippen LogP contribution in [-0.2, 0) is 10.0 Å². The van der Waals surface area contributed by atoms with Gasteiger partial charge >= 0.3 is 0 Å².